The zero-order valence-electron chi connectivity index (χ0n) is 6.61. The van der Waals surface area contributed by atoms with E-state index in [1.807, 2.05) is 24.3 Å². The second kappa shape index (κ2) is 3.36. The fourth-order valence-electron chi connectivity index (χ4n) is 1.22. The Labute approximate surface area is 92.0 Å². The Balaban J connectivity index is 3.02. The number of aromatic nitrogens is 1. The van der Waals surface area contributed by atoms with Gasteiger partial charge in [-0.1, -0.05) is 30.4 Å². The first-order valence-corrected chi connectivity index (χ1v) is 5.03. The van der Waals surface area contributed by atoms with Crippen molar-refractivity contribution in [2.45, 2.75) is 9.79 Å². The lowest BCUT2D eigenvalue weighted by Gasteiger charge is -2.03. The molecule has 13 heavy (non-hydrogen) atoms. The minimum atomic E-state index is 0.632. The molecule has 0 saturated heterocycles. The predicted octanol–water partition coefficient (Wildman–Crippen LogP) is 3.47. The van der Waals surface area contributed by atoms with Crippen LogP contribution in [0.4, 0.5) is 0 Å². The zero-order chi connectivity index (χ0) is 9.42. The van der Waals surface area contributed by atoms with Crippen LogP contribution in [0.5, 0.6) is 0 Å². The number of rotatable bonds is 0. The third kappa shape index (κ3) is 1.49. The summed E-state index contributed by atoms with van der Waals surface area (Å²) in [5, 5.41) is 1.05. The molecule has 0 saturated carbocycles. The van der Waals surface area contributed by atoms with Gasteiger partial charge in [-0.2, -0.15) is 0 Å². The van der Waals surface area contributed by atoms with Crippen molar-refractivity contribution in [3.05, 3.63) is 28.9 Å². The van der Waals surface area contributed by atoms with E-state index in [4.69, 9.17) is 12.2 Å². The number of fused-ring (bicyclic) bond motifs is 1. The van der Waals surface area contributed by atoms with Crippen molar-refractivity contribution in [3.63, 3.8) is 0 Å². The minimum Gasteiger partial charge on any atom is -0.345 e. The molecule has 1 N–H and O–H groups in total. The number of hydrogen-bond donors (Lipinski definition) is 3. The van der Waals surface area contributed by atoms with Crippen molar-refractivity contribution in [2.24, 2.45) is 0 Å². The zero-order valence-corrected chi connectivity index (χ0v) is 9.22. The Morgan fingerprint density at radius 3 is 2.54 bits per heavy atom. The quantitative estimate of drug-likeness (QED) is 0.462. The maximum absolute atomic E-state index is 5.09. The van der Waals surface area contributed by atoms with Crippen LogP contribution < -0.4 is 0 Å². The lowest BCUT2D eigenvalue weighted by molar-refractivity contribution is 1.18. The molecule has 0 fully saturated rings. The third-order valence-corrected chi connectivity index (χ3v) is 3.42. The van der Waals surface area contributed by atoms with Gasteiger partial charge in [0.2, 0.25) is 0 Å². The summed E-state index contributed by atoms with van der Waals surface area (Å²) in [6, 6.07) is 7.88. The van der Waals surface area contributed by atoms with Gasteiger partial charge in [-0.15, -0.1) is 25.3 Å². The van der Waals surface area contributed by atoms with Gasteiger partial charge in [0.25, 0.3) is 0 Å². The van der Waals surface area contributed by atoms with Crippen molar-refractivity contribution in [2.75, 3.05) is 0 Å². The first-order valence-electron chi connectivity index (χ1n) is 3.73. The fraction of sp³-hybridized carbons (Fsp3) is 0. The number of pyridine rings is 1. The summed E-state index contributed by atoms with van der Waals surface area (Å²) < 4.78 is 0.632. The van der Waals surface area contributed by atoms with Crippen molar-refractivity contribution in [1.82, 2.24) is 4.98 Å². The molecular formula is C9H7NS3. The van der Waals surface area contributed by atoms with Gasteiger partial charge in [0.05, 0.1) is 4.90 Å². The molecule has 0 radical (unpaired) electrons. The number of nitrogens with one attached hydrogen (secondary N) is 1. The monoisotopic (exact) mass is 225 g/mol. The van der Waals surface area contributed by atoms with Crippen molar-refractivity contribution in [3.8, 4) is 0 Å². The standard InChI is InChI=1S/C9H7NS3/c11-7-5-3-1-2-4-6(5)10-9(13)8(7)12/h1-4,12H,(H2,10,11,13). The van der Waals surface area contributed by atoms with Crippen molar-refractivity contribution in [1.29, 1.82) is 0 Å². The van der Waals surface area contributed by atoms with Crippen molar-refractivity contribution >= 4 is 48.4 Å². The second-order valence-electron chi connectivity index (χ2n) is 2.70. The van der Waals surface area contributed by atoms with Gasteiger partial charge in [0, 0.05) is 15.8 Å². The highest BCUT2D eigenvalue weighted by Crippen LogP contribution is 2.26. The van der Waals surface area contributed by atoms with E-state index in [1.54, 1.807) is 0 Å². The summed E-state index contributed by atoms with van der Waals surface area (Å²) >= 11 is 13.7. The Hall–Kier alpha value is -0.450. The highest BCUT2D eigenvalue weighted by atomic mass is 32.1. The molecule has 1 aromatic heterocycles. The maximum atomic E-state index is 5.09. The molecule has 66 valence electrons. The molecule has 0 spiro atoms. The molecule has 0 unspecified atom stereocenters. The lowest BCUT2D eigenvalue weighted by atomic mass is 10.2. The number of hydrogen-bond acceptors (Lipinski definition) is 3. The van der Waals surface area contributed by atoms with Gasteiger partial charge >= 0.3 is 0 Å². The second-order valence-corrected chi connectivity index (χ2v) is 4.00. The van der Waals surface area contributed by atoms with Crippen LogP contribution in [-0.2, 0) is 0 Å². The van der Waals surface area contributed by atoms with Gasteiger partial charge in [-0.3, -0.25) is 0 Å². The van der Waals surface area contributed by atoms with Crippen LogP contribution in [0, 0.1) is 4.64 Å². The van der Waals surface area contributed by atoms with Crippen LogP contribution in [0.1, 0.15) is 0 Å². The summed E-state index contributed by atoms with van der Waals surface area (Å²) in [6.07, 6.45) is 0. The molecule has 1 heterocycles. The van der Waals surface area contributed by atoms with Crippen molar-refractivity contribution < 1.29 is 0 Å². The molecule has 1 aromatic carbocycles. The summed E-state index contributed by atoms with van der Waals surface area (Å²) in [5.74, 6) is 0. The van der Waals surface area contributed by atoms with E-state index in [0.29, 0.717) is 4.64 Å². The Morgan fingerprint density at radius 1 is 1.08 bits per heavy atom. The molecule has 2 aromatic rings. The van der Waals surface area contributed by atoms with Gasteiger partial charge in [-0.05, 0) is 6.07 Å². The lowest BCUT2D eigenvalue weighted by Crippen LogP contribution is -1.84. The highest BCUT2D eigenvalue weighted by Gasteiger charge is 2.02. The third-order valence-electron chi connectivity index (χ3n) is 1.87. The van der Waals surface area contributed by atoms with E-state index in [2.05, 4.69) is 30.2 Å². The largest absolute Gasteiger partial charge is 0.345 e. The molecule has 0 aliphatic carbocycles. The first kappa shape index (κ1) is 9.12. The van der Waals surface area contributed by atoms with Crippen LogP contribution in [0.2, 0.25) is 0 Å². The molecule has 2 rings (SSSR count). The van der Waals surface area contributed by atoms with E-state index in [-0.39, 0.29) is 0 Å². The fourth-order valence-corrected chi connectivity index (χ4v) is 1.99. The molecule has 0 atom stereocenters. The topological polar surface area (TPSA) is 15.8 Å². The Morgan fingerprint density at radius 2 is 1.77 bits per heavy atom. The van der Waals surface area contributed by atoms with Crippen LogP contribution in [0.25, 0.3) is 10.9 Å². The average molecular weight is 225 g/mol. The summed E-state index contributed by atoms with van der Waals surface area (Å²) in [7, 11) is 0. The molecule has 0 amide bonds. The minimum absolute atomic E-state index is 0.632. The molecular weight excluding hydrogens is 218 g/mol. The highest BCUT2D eigenvalue weighted by molar-refractivity contribution is 7.84. The molecule has 4 heteroatoms. The van der Waals surface area contributed by atoms with Crippen LogP contribution in [-0.4, -0.2) is 4.98 Å². The summed E-state index contributed by atoms with van der Waals surface area (Å²) in [6.45, 7) is 0. The van der Waals surface area contributed by atoms with Crippen LogP contribution in [0.3, 0.4) is 0 Å². The average Bonchev–Trinajstić information content (AvgIpc) is 2.15. The SMILES string of the molecule is S=c1[nH]c2ccccc2c(S)c1S. The summed E-state index contributed by atoms with van der Waals surface area (Å²) in [4.78, 5) is 4.66. The number of para-hydroxylation sites is 1. The number of aromatic amines is 1. The Bertz CT molecular complexity index is 516. The smallest absolute Gasteiger partial charge is 0.118 e. The van der Waals surface area contributed by atoms with E-state index in [0.717, 1.165) is 20.7 Å². The maximum Gasteiger partial charge on any atom is 0.118 e. The number of benzene rings is 1. The van der Waals surface area contributed by atoms with E-state index in [9.17, 15) is 0 Å². The molecule has 1 nitrogen and oxygen atoms in total. The van der Waals surface area contributed by atoms with Gasteiger partial charge in [0.15, 0.2) is 0 Å². The van der Waals surface area contributed by atoms with E-state index < -0.39 is 0 Å². The predicted molar refractivity (Wildman–Crippen MR) is 63.6 cm³/mol. The van der Waals surface area contributed by atoms with Gasteiger partial charge in [-0.25, -0.2) is 0 Å². The number of H-pyrrole nitrogens is 1. The van der Waals surface area contributed by atoms with Gasteiger partial charge in [0.1, 0.15) is 4.64 Å². The first-order chi connectivity index (χ1) is 6.20. The van der Waals surface area contributed by atoms with Crippen LogP contribution >= 0.6 is 37.5 Å². The molecule has 0 aliphatic heterocycles. The van der Waals surface area contributed by atoms with Crippen LogP contribution in [0.15, 0.2) is 34.1 Å². The number of thiol groups is 2. The summed E-state index contributed by atoms with van der Waals surface area (Å²) in [5.41, 5.74) is 0.996. The van der Waals surface area contributed by atoms with E-state index >= 15 is 0 Å². The van der Waals surface area contributed by atoms with Gasteiger partial charge < -0.3 is 4.98 Å². The molecule has 0 aliphatic rings. The Kier molecular flexibility index (Phi) is 2.36. The molecule has 0 bridgehead atoms. The normalized spacial score (nSPS) is 10.6. The van der Waals surface area contributed by atoms with E-state index in [1.165, 1.54) is 0 Å².